The molecule has 28 heavy (non-hydrogen) atoms. The smallest absolute Gasteiger partial charge is 0.130 e. The van der Waals surface area contributed by atoms with E-state index in [2.05, 4.69) is 36.9 Å². The number of benzene rings is 2. The van der Waals surface area contributed by atoms with Crippen LogP contribution in [0.15, 0.2) is 48.5 Å². The average Bonchev–Trinajstić information content (AvgIpc) is 3.52. The van der Waals surface area contributed by atoms with Gasteiger partial charge in [0, 0.05) is 18.2 Å². The molecule has 2 aromatic carbocycles. The standard InChI is InChI=1S/C24H28F2N2/c1-18(2)28(16-19-8-4-3-5-9-19)15-7-14-24(17-27,20-12-13-20)23-21(25)10-6-11-22(23)26/h3-6,8-11,18,20H,7,12-16H2,1-2H3. The van der Waals surface area contributed by atoms with E-state index in [0.29, 0.717) is 12.5 Å². The predicted molar refractivity (Wildman–Crippen MR) is 108 cm³/mol. The molecule has 0 aliphatic heterocycles. The molecule has 2 aromatic rings. The van der Waals surface area contributed by atoms with E-state index in [1.807, 2.05) is 18.2 Å². The molecule has 0 radical (unpaired) electrons. The van der Waals surface area contributed by atoms with Crippen molar-refractivity contribution < 1.29 is 8.78 Å². The summed E-state index contributed by atoms with van der Waals surface area (Å²) >= 11 is 0. The van der Waals surface area contributed by atoms with E-state index in [0.717, 1.165) is 32.4 Å². The van der Waals surface area contributed by atoms with Crippen molar-refractivity contribution >= 4 is 0 Å². The van der Waals surface area contributed by atoms with Gasteiger partial charge in [-0.2, -0.15) is 5.26 Å². The lowest BCUT2D eigenvalue weighted by Crippen LogP contribution is -2.34. The van der Waals surface area contributed by atoms with Crippen molar-refractivity contribution in [2.75, 3.05) is 6.54 Å². The third-order valence-electron chi connectivity index (χ3n) is 5.86. The van der Waals surface area contributed by atoms with Gasteiger partial charge in [0.15, 0.2) is 0 Å². The second kappa shape index (κ2) is 8.84. The molecule has 0 N–H and O–H groups in total. The van der Waals surface area contributed by atoms with E-state index in [9.17, 15) is 14.0 Å². The number of hydrogen-bond donors (Lipinski definition) is 0. The van der Waals surface area contributed by atoms with Crippen LogP contribution in [0.2, 0.25) is 0 Å². The van der Waals surface area contributed by atoms with Gasteiger partial charge < -0.3 is 0 Å². The maximum absolute atomic E-state index is 14.5. The Hall–Kier alpha value is -2.25. The largest absolute Gasteiger partial charge is 0.297 e. The molecule has 0 spiro atoms. The van der Waals surface area contributed by atoms with E-state index in [-0.39, 0.29) is 11.5 Å². The summed E-state index contributed by atoms with van der Waals surface area (Å²) in [7, 11) is 0. The molecular weight excluding hydrogens is 354 g/mol. The van der Waals surface area contributed by atoms with Gasteiger partial charge in [-0.15, -0.1) is 0 Å². The zero-order chi connectivity index (χ0) is 20.1. The summed E-state index contributed by atoms with van der Waals surface area (Å²) in [6.07, 6.45) is 2.92. The molecule has 3 rings (SSSR count). The molecule has 1 aliphatic rings. The van der Waals surface area contributed by atoms with Crippen molar-refractivity contribution in [3.63, 3.8) is 0 Å². The fraction of sp³-hybridized carbons (Fsp3) is 0.458. The monoisotopic (exact) mass is 382 g/mol. The molecule has 4 heteroatoms. The Morgan fingerprint density at radius 2 is 1.71 bits per heavy atom. The van der Waals surface area contributed by atoms with E-state index in [4.69, 9.17) is 0 Å². The Kier molecular flexibility index (Phi) is 6.46. The van der Waals surface area contributed by atoms with Crippen LogP contribution < -0.4 is 0 Å². The molecule has 0 heterocycles. The van der Waals surface area contributed by atoms with Crippen molar-refractivity contribution in [3.8, 4) is 6.07 Å². The molecule has 0 saturated heterocycles. The van der Waals surface area contributed by atoms with Gasteiger partial charge in [-0.25, -0.2) is 8.78 Å². The van der Waals surface area contributed by atoms with Crippen molar-refractivity contribution in [1.29, 1.82) is 5.26 Å². The highest BCUT2D eigenvalue weighted by Crippen LogP contribution is 2.51. The predicted octanol–water partition coefficient (Wildman–Crippen LogP) is 5.83. The van der Waals surface area contributed by atoms with Gasteiger partial charge in [0.05, 0.1) is 11.5 Å². The number of nitrogens with zero attached hydrogens (tertiary/aromatic N) is 2. The second-order valence-corrected chi connectivity index (χ2v) is 8.11. The number of nitriles is 1. The van der Waals surface area contributed by atoms with Crippen LogP contribution in [0.5, 0.6) is 0 Å². The van der Waals surface area contributed by atoms with Crippen molar-refractivity contribution in [2.24, 2.45) is 5.92 Å². The van der Waals surface area contributed by atoms with Crippen LogP contribution in [0.1, 0.15) is 50.7 Å². The summed E-state index contributed by atoms with van der Waals surface area (Å²) in [5.41, 5.74) is 0.148. The lowest BCUT2D eigenvalue weighted by Gasteiger charge is -2.31. The van der Waals surface area contributed by atoms with E-state index in [1.165, 1.54) is 23.8 Å². The minimum Gasteiger partial charge on any atom is -0.297 e. The van der Waals surface area contributed by atoms with Crippen LogP contribution in [0.4, 0.5) is 8.78 Å². The first-order valence-electron chi connectivity index (χ1n) is 10.1. The Morgan fingerprint density at radius 1 is 1.07 bits per heavy atom. The van der Waals surface area contributed by atoms with Gasteiger partial charge in [-0.05, 0) is 69.7 Å². The molecule has 1 atom stereocenters. The molecule has 1 saturated carbocycles. The van der Waals surface area contributed by atoms with Crippen molar-refractivity contribution in [1.82, 2.24) is 4.90 Å². The second-order valence-electron chi connectivity index (χ2n) is 8.11. The molecule has 0 aromatic heterocycles. The topological polar surface area (TPSA) is 27.0 Å². The molecule has 1 unspecified atom stereocenters. The highest BCUT2D eigenvalue weighted by atomic mass is 19.1. The van der Waals surface area contributed by atoms with Gasteiger partial charge in [0.25, 0.3) is 0 Å². The van der Waals surface area contributed by atoms with Crippen LogP contribution in [-0.2, 0) is 12.0 Å². The first-order valence-corrected chi connectivity index (χ1v) is 10.1. The molecule has 148 valence electrons. The Bertz CT molecular complexity index is 804. The molecule has 0 bridgehead atoms. The van der Waals surface area contributed by atoms with Gasteiger partial charge in [0.1, 0.15) is 11.6 Å². The van der Waals surface area contributed by atoms with Gasteiger partial charge >= 0.3 is 0 Å². The third-order valence-corrected chi connectivity index (χ3v) is 5.86. The highest BCUT2D eigenvalue weighted by Gasteiger charge is 2.49. The van der Waals surface area contributed by atoms with E-state index in [1.54, 1.807) is 0 Å². The minimum absolute atomic E-state index is 0.0286. The summed E-state index contributed by atoms with van der Waals surface area (Å²) in [4.78, 5) is 2.35. The van der Waals surface area contributed by atoms with Crippen LogP contribution in [0.25, 0.3) is 0 Å². The lowest BCUT2D eigenvalue weighted by molar-refractivity contribution is 0.201. The first-order chi connectivity index (χ1) is 13.5. The molecule has 2 nitrogen and oxygen atoms in total. The summed E-state index contributed by atoms with van der Waals surface area (Å²) in [5, 5.41) is 10.0. The Balaban J connectivity index is 1.75. The molecule has 0 amide bonds. The number of hydrogen-bond acceptors (Lipinski definition) is 2. The van der Waals surface area contributed by atoms with Gasteiger partial charge in [-0.3, -0.25) is 4.90 Å². The Morgan fingerprint density at radius 3 is 2.25 bits per heavy atom. The van der Waals surface area contributed by atoms with Crippen LogP contribution in [0, 0.1) is 28.9 Å². The van der Waals surface area contributed by atoms with Crippen molar-refractivity contribution in [3.05, 3.63) is 71.3 Å². The fourth-order valence-corrected chi connectivity index (χ4v) is 4.14. The van der Waals surface area contributed by atoms with Crippen LogP contribution in [-0.4, -0.2) is 17.5 Å². The van der Waals surface area contributed by atoms with E-state index < -0.39 is 17.0 Å². The third kappa shape index (κ3) is 4.42. The summed E-state index contributed by atoms with van der Waals surface area (Å²) in [5.74, 6) is -1.15. The Labute approximate surface area is 166 Å². The molecule has 1 aliphatic carbocycles. The van der Waals surface area contributed by atoms with Gasteiger partial charge in [-0.1, -0.05) is 36.4 Å². The first kappa shape index (κ1) is 20.5. The lowest BCUT2D eigenvalue weighted by atomic mass is 9.73. The molecule has 1 fully saturated rings. The zero-order valence-electron chi connectivity index (χ0n) is 16.7. The summed E-state index contributed by atoms with van der Waals surface area (Å²) in [6, 6.07) is 16.9. The maximum Gasteiger partial charge on any atom is 0.130 e. The number of halogens is 2. The quantitative estimate of drug-likeness (QED) is 0.546. The molecular formula is C24H28F2N2. The normalized spacial score (nSPS) is 16.2. The summed E-state index contributed by atoms with van der Waals surface area (Å²) in [6.45, 7) is 5.92. The van der Waals surface area contributed by atoms with Crippen LogP contribution >= 0.6 is 0 Å². The van der Waals surface area contributed by atoms with Crippen LogP contribution in [0.3, 0.4) is 0 Å². The fourth-order valence-electron chi connectivity index (χ4n) is 4.14. The minimum atomic E-state index is -1.06. The average molecular weight is 382 g/mol. The zero-order valence-corrected chi connectivity index (χ0v) is 16.7. The highest BCUT2D eigenvalue weighted by molar-refractivity contribution is 5.37. The van der Waals surface area contributed by atoms with E-state index >= 15 is 0 Å². The van der Waals surface area contributed by atoms with Crippen molar-refractivity contribution in [2.45, 2.75) is 57.5 Å². The number of rotatable bonds is 9. The maximum atomic E-state index is 14.5. The SMILES string of the molecule is CC(C)N(CCCC(C#N)(c1c(F)cccc1F)C1CC1)Cc1ccccc1. The summed E-state index contributed by atoms with van der Waals surface area (Å²) < 4.78 is 29.0. The van der Waals surface area contributed by atoms with Gasteiger partial charge in [0.2, 0.25) is 0 Å².